The van der Waals surface area contributed by atoms with E-state index in [1.165, 1.54) is 0 Å². The lowest BCUT2D eigenvalue weighted by Crippen LogP contribution is -2.55. The van der Waals surface area contributed by atoms with E-state index in [-0.39, 0.29) is 11.8 Å². The number of carbonyl (C=O) groups is 2. The molecule has 2 saturated heterocycles. The predicted molar refractivity (Wildman–Crippen MR) is 121 cm³/mol. The molecule has 0 radical (unpaired) electrons. The first kappa shape index (κ1) is 22.7. The SMILES string of the molecule is Cc1cccc(C)c1NC(=O)CN1CCN(C(=O)CN2CCN(C(C)C)CC2)CC1. The highest BCUT2D eigenvalue weighted by Gasteiger charge is 2.26. The highest BCUT2D eigenvalue weighted by atomic mass is 16.2. The Hall–Kier alpha value is -1.96. The van der Waals surface area contributed by atoms with Gasteiger partial charge in [-0.25, -0.2) is 0 Å². The molecular formula is C23H37N5O2. The molecule has 7 nitrogen and oxygen atoms in total. The maximum Gasteiger partial charge on any atom is 0.238 e. The van der Waals surface area contributed by atoms with E-state index in [2.05, 4.69) is 33.9 Å². The van der Waals surface area contributed by atoms with Crippen molar-refractivity contribution in [2.75, 3.05) is 70.8 Å². The number of benzene rings is 1. The van der Waals surface area contributed by atoms with Crippen molar-refractivity contribution in [3.8, 4) is 0 Å². The van der Waals surface area contributed by atoms with Crippen molar-refractivity contribution >= 4 is 17.5 Å². The summed E-state index contributed by atoms with van der Waals surface area (Å²) in [5, 5.41) is 3.05. The summed E-state index contributed by atoms with van der Waals surface area (Å²) in [6, 6.07) is 6.59. The van der Waals surface area contributed by atoms with E-state index in [0.29, 0.717) is 32.2 Å². The van der Waals surface area contributed by atoms with E-state index in [0.717, 1.165) is 56.1 Å². The summed E-state index contributed by atoms with van der Waals surface area (Å²) in [5.41, 5.74) is 3.06. The molecule has 2 aliphatic rings. The average Bonchev–Trinajstić information content (AvgIpc) is 2.72. The molecule has 2 amide bonds. The van der Waals surface area contributed by atoms with Gasteiger partial charge in [0.1, 0.15) is 0 Å². The largest absolute Gasteiger partial charge is 0.339 e. The van der Waals surface area contributed by atoms with Gasteiger partial charge in [0.05, 0.1) is 13.1 Å². The summed E-state index contributed by atoms with van der Waals surface area (Å²) >= 11 is 0. The fourth-order valence-corrected chi connectivity index (χ4v) is 4.28. The number of rotatable bonds is 6. The molecule has 0 aromatic heterocycles. The molecule has 2 heterocycles. The molecule has 166 valence electrons. The van der Waals surface area contributed by atoms with Crippen molar-refractivity contribution in [3.05, 3.63) is 29.3 Å². The van der Waals surface area contributed by atoms with Gasteiger partial charge in [0.25, 0.3) is 0 Å². The summed E-state index contributed by atoms with van der Waals surface area (Å²) in [4.78, 5) is 34.0. The molecule has 1 aromatic rings. The zero-order valence-corrected chi connectivity index (χ0v) is 19.0. The highest BCUT2D eigenvalue weighted by molar-refractivity contribution is 5.93. The monoisotopic (exact) mass is 415 g/mol. The summed E-state index contributed by atoms with van der Waals surface area (Å²) in [6.45, 7) is 16.2. The van der Waals surface area contributed by atoms with Crippen molar-refractivity contribution in [1.82, 2.24) is 19.6 Å². The van der Waals surface area contributed by atoms with Crippen molar-refractivity contribution in [1.29, 1.82) is 0 Å². The van der Waals surface area contributed by atoms with Gasteiger partial charge in [-0.2, -0.15) is 0 Å². The first-order valence-corrected chi connectivity index (χ1v) is 11.2. The molecule has 3 rings (SSSR count). The molecule has 0 saturated carbocycles. The Morgan fingerprint density at radius 2 is 1.40 bits per heavy atom. The second-order valence-electron chi connectivity index (χ2n) is 8.88. The predicted octanol–water partition coefficient (Wildman–Crippen LogP) is 1.41. The molecule has 30 heavy (non-hydrogen) atoms. The molecule has 7 heteroatoms. The van der Waals surface area contributed by atoms with Crippen LogP contribution in [0.3, 0.4) is 0 Å². The molecule has 0 atom stereocenters. The van der Waals surface area contributed by atoms with Crippen molar-refractivity contribution in [2.24, 2.45) is 0 Å². The Bertz CT molecular complexity index is 715. The lowest BCUT2D eigenvalue weighted by Gasteiger charge is -2.38. The molecule has 0 aliphatic carbocycles. The van der Waals surface area contributed by atoms with E-state index in [9.17, 15) is 9.59 Å². The maximum absolute atomic E-state index is 12.7. The first-order valence-electron chi connectivity index (χ1n) is 11.2. The third-order valence-electron chi connectivity index (χ3n) is 6.33. The quantitative estimate of drug-likeness (QED) is 0.761. The first-order chi connectivity index (χ1) is 14.3. The zero-order chi connectivity index (χ0) is 21.7. The minimum Gasteiger partial charge on any atom is -0.339 e. The van der Waals surface area contributed by atoms with Crippen molar-refractivity contribution in [3.63, 3.8) is 0 Å². The Kier molecular flexibility index (Phi) is 7.86. The Balaban J connectivity index is 1.39. The molecule has 0 bridgehead atoms. The number of para-hydroxylation sites is 1. The summed E-state index contributed by atoms with van der Waals surface area (Å²) in [6.07, 6.45) is 0. The number of nitrogens with zero attached hydrogens (tertiary/aromatic N) is 4. The van der Waals surface area contributed by atoms with Gasteiger partial charge in [0.15, 0.2) is 0 Å². The number of anilines is 1. The fraction of sp³-hybridized carbons (Fsp3) is 0.652. The number of nitrogens with one attached hydrogen (secondary N) is 1. The number of amides is 2. The van der Waals surface area contributed by atoms with Crippen molar-refractivity contribution in [2.45, 2.75) is 33.7 Å². The van der Waals surface area contributed by atoms with Gasteiger partial charge < -0.3 is 10.2 Å². The summed E-state index contributed by atoms with van der Waals surface area (Å²) < 4.78 is 0. The van der Waals surface area contributed by atoms with Gasteiger partial charge in [0, 0.05) is 64.1 Å². The highest BCUT2D eigenvalue weighted by Crippen LogP contribution is 2.19. The van der Waals surface area contributed by atoms with Crippen LogP contribution in [0.15, 0.2) is 18.2 Å². The van der Waals surface area contributed by atoms with Crippen LogP contribution in [0, 0.1) is 13.8 Å². The molecule has 1 aromatic carbocycles. The van der Waals surface area contributed by atoms with Crippen LogP contribution in [0.25, 0.3) is 0 Å². The molecule has 2 fully saturated rings. The molecule has 1 N–H and O–H groups in total. The van der Waals surface area contributed by atoms with Gasteiger partial charge >= 0.3 is 0 Å². The van der Waals surface area contributed by atoms with E-state index in [1.54, 1.807) is 0 Å². The third kappa shape index (κ3) is 6.03. The van der Waals surface area contributed by atoms with E-state index in [1.807, 2.05) is 36.9 Å². The zero-order valence-electron chi connectivity index (χ0n) is 19.0. The molecule has 0 spiro atoms. The van der Waals surface area contributed by atoms with Crippen molar-refractivity contribution < 1.29 is 9.59 Å². The second kappa shape index (κ2) is 10.4. The van der Waals surface area contributed by atoms with Crippen LogP contribution in [0.1, 0.15) is 25.0 Å². The normalized spacial score (nSPS) is 19.3. The van der Waals surface area contributed by atoms with Crippen LogP contribution in [0.2, 0.25) is 0 Å². The lowest BCUT2D eigenvalue weighted by atomic mass is 10.1. The third-order valence-corrected chi connectivity index (χ3v) is 6.33. The van der Waals surface area contributed by atoms with Crippen LogP contribution in [0.4, 0.5) is 5.69 Å². The number of hydrogen-bond acceptors (Lipinski definition) is 5. The van der Waals surface area contributed by atoms with Crippen LogP contribution in [-0.2, 0) is 9.59 Å². The van der Waals surface area contributed by atoms with Crippen LogP contribution in [0.5, 0.6) is 0 Å². The van der Waals surface area contributed by atoms with Crippen LogP contribution in [-0.4, -0.2) is 103 Å². The fourth-order valence-electron chi connectivity index (χ4n) is 4.28. The molecular weight excluding hydrogens is 378 g/mol. The summed E-state index contributed by atoms with van der Waals surface area (Å²) in [7, 11) is 0. The van der Waals surface area contributed by atoms with Crippen LogP contribution < -0.4 is 5.32 Å². The van der Waals surface area contributed by atoms with E-state index < -0.39 is 0 Å². The minimum absolute atomic E-state index is 0.00944. The number of aryl methyl sites for hydroxylation is 2. The Morgan fingerprint density at radius 3 is 1.97 bits per heavy atom. The van der Waals surface area contributed by atoms with Crippen LogP contribution >= 0.6 is 0 Å². The standard InChI is InChI=1S/C23H37N5O2/c1-18(2)27-12-8-26(9-13-27)17-22(30)28-14-10-25(11-15-28)16-21(29)24-23-19(3)6-5-7-20(23)4/h5-7,18H,8-17H2,1-4H3,(H,24,29). The second-order valence-corrected chi connectivity index (χ2v) is 8.88. The average molecular weight is 416 g/mol. The van der Waals surface area contributed by atoms with Gasteiger partial charge in [-0.1, -0.05) is 18.2 Å². The molecule has 0 unspecified atom stereocenters. The molecule has 2 aliphatic heterocycles. The Labute approximate surface area is 181 Å². The number of carbonyl (C=O) groups excluding carboxylic acids is 2. The van der Waals surface area contributed by atoms with E-state index >= 15 is 0 Å². The maximum atomic E-state index is 12.7. The Morgan fingerprint density at radius 1 is 0.867 bits per heavy atom. The summed E-state index contributed by atoms with van der Waals surface area (Å²) in [5.74, 6) is 0.225. The van der Waals surface area contributed by atoms with E-state index in [4.69, 9.17) is 0 Å². The smallest absolute Gasteiger partial charge is 0.238 e. The lowest BCUT2D eigenvalue weighted by molar-refractivity contribution is -0.134. The van der Waals surface area contributed by atoms with Gasteiger partial charge in [0.2, 0.25) is 11.8 Å². The number of piperazine rings is 2. The number of hydrogen-bond donors (Lipinski definition) is 1. The van der Waals surface area contributed by atoms with Gasteiger partial charge in [-0.3, -0.25) is 24.3 Å². The van der Waals surface area contributed by atoms with Gasteiger partial charge in [-0.15, -0.1) is 0 Å². The topological polar surface area (TPSA) is 59.1 Å². The minimum atomic E-state index is 0.00944. The van der Waals surface area contributed by atoms with Gasteiger partial charge in [-0.05, 0) is 38.8 Å².